The molecule has 3 fully saturated rings. The first-order valence-electron chi connectivity index (χ1n) is 16.7. The van der Waals surface area contributed by atoms with Crippen LogP contribution in [0.5, 0.6) is 5.75 Å². The molecule has 0 bridgehead atoms. The molecule has 0 aromatic heterocycles. The van der Waals surface area contributed by atoms with Gasteiger partial charge in [-0.25, -0.2) is 0 Å². The highest BCUT2D eigenvalue weighted by Crippen LogP contribution is 2.31. The second kappa shape index (κ2) is 13.6. The lowest BCUT2D eigenvalue weighted by atomic mass is 10.0. The van der Waals surface area contributed by atoms with Crippen LogP contribution in [0.2, 0.25) is 0 Å². The molecule has 0 saturated carbocycles. The molecule has 1 unspecified atom stereocenters. The summed E-state index contributed by atoms with van der Waals surface area (Å²) in [5, 5.41) is 2.36. The number of fused-ring (bicyclic) bond motifs is 1. The van der Waals surface area contributed by atoms with E-state index in [1.165, 1.54) is 29.7 Å². The van der Waals surface area contributed by atoms with Gasteiger partial charge in [0.1, 0.15) is 18.4 Å². The Kier molecular flexibility index (Phi) is 9.03. The quantitative estimate of drug-likeness (QED) is 0.359. The molecular weight excluding hydrogens is 578 g/mol. The van der Waals surface area contributed by atoms with Gasteiger partial charge in [0.15, 0.2) is 0 Å². The highest BCUT2D eigenvalue weighted by atomic mass is 16.5. The first-order valence-corrected chi connectivity index (χ1v) is 16.7. The van der Waals surface area contributed by atoms with E-state index in [1.54, 1.807) is 4.90 Å². The molecule has 2 atom stereocenters. The third kappa shape index (κ3) is 6.81. The van der Waals surface area contributed by atoms with Gasteiger partial charge in [-0.15, -0.1) is 0 Å². The summed E-state index contributed by atoms with van der Waals surface area (Å²) < 4.78 is 6.33. The lowest BCUT2D eigenvalue weighted by molar-refractivity contribution is -0.136. The van der Waals surface area contributed by atoms with Crippen molar-refractivity contribution in [2.45, 2.75) is 63.8 Å². The lowest BCUT2D eigenvalue weighted by Crippen LogP contribution is -2.52. The smallest absolute Gasteiger partial charge is 0.255 e. The largest absolute Gasteiger partial charge is 0.492 e. The Morgan fingerprint density at radius 1 is 0.783 bits per heavy atom. The molecule has 4 aliphatic heterocycles. The molecule has 9 heteroatoms. The molecule has 3 aromatic carbocycles. The van der Waals surface area contributed by atoms with E-state index in [9.17, 15) is 14.4 Å². The molecule has 4 heterocycles. The van der Waals surface area contributed by atoms with E-state index < -0.39 is 11.9 Å². The Hall–Kier alpha value is -4.21. The normalized spacial score (nSPS) is 22.6. The maximum Gasteiger partial charge on any atom is 0.255 e. The summed E-state index contributed by atoms with van der Waals surface area (Å²) in [5.41, 5.74) is 5.47. The zero-order valence-electron chi connectivity index (χ0n) is 26.4. The number of nitrogens with zero attached hydrogens (tertiary/aromatic N) is 4. The third-order valence-electron chi connectivity index (χ3n) is 9.99. The summed E-state index contributed by atoms with van der Waals surface area (Å²) in [5.74, 6) is -0.0848. The molecular formula is C37H43N5O4. The zero-order valence-corrected chi connectivity index (χ0v) is 26.4. The van der Waals surface area contributed by atoms with Crippen molar-refractivity contribution in [2.24, 2.45) is 0 Å². The van der Waals surface area contributed by atoms with Gasteiger partial charge in [-0.3, -0.25) is 29.5 Å². The maximum atomic E-state index is 13.1. The van der Waals surface area contributed by atoms with Crippen molar-refractivity contribution in [2.75, 3.05) is 44.2 Å². The number of ether oxygens (including phenoxy) is 1. The minimum absolute atomic E-state index is 0.161. The standard InChI is InChI=1S/C37H43N5O4/c43-35-16-15-34(36(44)38-35)42-25-29-22-32(13-14-33(29)37(42)45)46-26-31-8-4-5-17-41(31)24-28-9-11-30(12-10-28)40-20-18-39(19-21-40)23-27-6-2-1-3-7-27/h1-3,6-7,9-14,22,31,34H,4-5,8,15-21,23-26H2,(H,38,43,44)/t31-,34?/m1/s1. The molecule has 46 heavy (non-hydrogen) atoms. The first-order chi connectivity index (χ1) is 22.5. The van der Waals surface area contributed by atoms with Crippen LogP contribution in [0.15, 0.2) is 72.8 Å². The van der Waals surface area contributed by atoms with Crippen LogP contribution >= 0.6 is 0 Å². The van der Waals surface area contributed by atoms with E-state index in [-0.39, 0.29) is 18.2 Å². The summed E-state index contributed by atoms with van der Waals surface area (Å²) in [4.78, 5) is 46.2. The van der Waals surface area contributed by atoms with Crippen LogP contribution in [-0.4, -0.2) is 83.8 Å². The van der Waals surface area contributed by atoms with Crippen LogP contribution in [0.3, 0.4) is 0 Å². The van der Waals surface area contributed by atoms with Crippen molar-refractivity contribution in [3.8, 4) is 5.75 Å². The van der Waals surface area contributed by atoms with E-state index in [4.69, 9.17) is 4.74 Å². The Labute approximate surface area is 271 Å². The van der Waals surface area contributed by atoms with Crippen molar-refractivity contribution in [3.63, 3.8) is 0 Å². The van der Waals surface area contributed by atoms with Gasteiger partial charge in [0.25, 0.3) is 5.91 Å². The molecule has 0 radical (unpaired) electrons. The molecule has 7 rings (SSSR count). The van der Waals surface area contributed by atoms with Crippen LogP contribution in [0.1, 0.15) is 59.2 Å². The van der Waals surface area contributed by atoms with E-state index >= 15 is 0 Å². The number of hydrogen-bond donors (Lipinski definition) is 1. The predicted molar refractivity (Wildman–Crippen MR) is 176 cm³/mol. The fourth-order valence-electron chi connectivity index (χ4n) is 7.34. The number of piperidine rings is 2. The molecule has 9 nitrogen and oxygen atoms in total. The third-order valence-corrected chi connectivity index (χ3v) is 9.99. The fraction of sp³-hybridized carbons (Fsp3) is 0.432. The van der Waals surface area contributed by atoms with Gasteiger partial charge in [-0.2, -0.15) is 0 Å². The monoisotopic (exact) mass is 621 g/mol. The lowest BCUT2D eigenvalue weighted by Gasteiger charge is -2.37. The van der Waals surface area contributed by atoms with Gasteiger partial charge in [0.2, 0.25) is 11.8 Å². The Bertz CT molecular complexity index is 1550. The van der Waals surface area contributed by atoms with Crippen LogP contribution < -0.4 is 15.0 Å². The van der Waals surface area contributed by atoms with Gasteiger partial charge in [-0.05, 0) is 72.8 Å². The first kappa shape index (κ1) is 30.4. The number of likely N-dealkylation sites (tertiary alicyclic amines) is 1. The van der Waals surface area contributed by atoms with E-state index in [0.29, 0.717) is 31.2 Å². The maximum absolute atomic E-state index is 13.1. The predicted octanol–water partition coefficient (Wildman–Crippen LogP) is 4.20. The van der Waals surface area contributed by atoms with Gasteiger partial charge >= 0.3 is 0 Å². The number of benzene rings is 3. The zero-order chi connectivity index (χ0) is 31.5. The summed E-state index contributed by atoms with van der Waals surface area (Å²) in [6.07, 6.45) is 4.09. The fourth-order valence-corrected chi connectivity index (χ4v) is 7.34. The molecule has 3 amide bonds. The van der Waals surface area contributed by atoms with Crippen LogP contribution in [0.4, 0.5) is 5.69 Å². The second-order valence-electron chi connectivity index (χ2n) is 13.1. The second-order valence-corrected chi connectivity index (χ2v) is 13.1. The number of imide groups is 1. The summed E-state index contributed by atoms with van der Waals surface area (Å²) in [7, 11) is 0. The molecule has 0 spiro atoms. The minimum atomic E-state index is -0.609. The summed E-state index contributed by atoms with van der Waals surface area (Å²) in [6, 6.07) is 25.2. The molecule has 1 N–H and O–H groups in total. The molecule has 0 aliphatic carbocycles. The molecule has 3 saturated heterocycles. The number of hydrogen-bond acceptors (Lipinski definition) is 7. The van der Waals surface area contributed by atoms with Crippen LogP contribution in [-0.2, 0) is 29.2 Å². The topological polar surface area (TPSA) is 85.4 Å². The highest BCUT2D eigenvalue weighted by molar-refractivity contribution is 6.05. The number of carbonyl (C=O) groups excluding carboxylic acids is 3. The Morgan fingerprint density at radius 2 is 1.57 bits per heavy atom. The number of rotatable bonds is 9. The van der Waals surface area contributed by atoms with Crippen molar-refractivity contribution in [3.05, 3.63) is 95.1 Å². The Balaban J connectivity index is 0.913. The SMILES string of the molecule is O=C1CCC(N2Cc3cc(OC[C@H]4CCCCN4Cc4ccc(N5CCN(Cc6ccccc6)CC5)cc4)ccc3C2=O)C(=O)N1. The van der Waals surface area contributed by atoms with Crippen molar-refractivity contribution < 1.29 is 19.1 Å². The number of carbonyl (C=O) groups is 3. The van der Waals surface area contributed by atoms with Crippen LogP contribution in [0, 0.1) is 0 Å². The average molecular weight is 622 g/mol. The van der Waals surface area contributed by atoms with Crippen molar-refractivity contribution in [1.82, 2.24) is 20.0 Å². The van der Waals surface area contributed by atoms with Gasteiger partial charge in [-0.1, -0.05) is 48.9 Å². The van der Waals surface area contributed by atoms with E-state index in [0.717, 1.165) is 63.5 Å². The van der Waals surface area contributed by atoms with Gasteiger partial charge in [0.05, 0.1) is 0 Å². The van der Waals surface area contributed by atoms with Gasteiger partial charge < -0.3 is 14.5 Å². The van der Waals surface area contributed by atoms with E-state index in [1.807, 2.05) is 18.2 Å². The van der Waals surface area contributed by atoms with Crippen molar-refractivity contribution >= 4 is 23.4 Å². The molecule has 3 aromatic rings. The Morgan fingerprint density at radius 3 is 2.35 bits per heavy atom. The van der Waals surface area contributed by atoms with E-state index in [2.05, 4.69) is 74.6 Å². The molecule has 4 aliphatic rings. The minimum Gasteiger partial charge on any atom is -0.492 e. The average Bonchev–Trinajstić information content (AvgIpc) is 3.40. The molecule has 240 valence electrons. The van der Waals surface area contributed by atoms with Crippen LogP contribution in [0.25, 0.3) is 0 Å². The number of amides is 3. The number of nitrogens with one attached hydrogen (secondary N) is 1. The number of anilines is 1. The highest BCUT2D eigenvalue weighted by Gasteiger charge is 2.39. The summed E-state index contributed by atoms with van der Waals surface area (Å²) >= 11 is 0. The van der Waals surface area contributed by atoms with Crippen molar-refractivity contribution in [1.29, 1.82) is 0 Å². The number of piperazine rings is 1. The summed E-state index contributed by atoms with van der Waals surface area (Å²) in [6.45, 7) is 8.16. The van der Waals surface area contributed by atoms with Gasteiger partial charge in [0, 0.05) is 69.5 Å².